The highest BCUT2D eigenvalue weighted by molar-refractivity contribution is 7.89. The first-order valence-electron chi connectivity index (χ1n) is 10.7. The third-order valence-corrected chi connectivity index (χ3v) is 9.24. The number of piperazine rings is 1. The van der Waals surface area contributed by atoms with Gasteiger partial charge in [-0.1, -0.05) is 17.7 Å². The molecule has 4 heterocycles. The second-order valence-corrected chi connectivity index (χ2v) is 11.7. The van der Waals surface area contributed by atoms with Crippen LogP contribution < -0.4 is 0 Å². The summed E-state index contributed by atoms with van der Waals surface area (Å²) in [5.41, 5.74) is 1.95. The van der Waals surface area contributed by atoms with E-state index in [1.54, 1.807) is 35.4 Å². The van der Waals surface area contributed by atoms with Crippen LogP contribution in [0.2, 0.25) is 5.02 Å². The SMILES string of the molecule is CN1CC=C(c2cnc(C(=O)N3CCN(S(=O)(=O)c4cc5cc(Cl)ccc5[nH]4)CC3)s2)CC1. The van der Waals surface area contributed by atoms with Crippen LogP contribution in [0.4, 0.5) is 0 Å². The molecule has 0 saturated carbocycles. The Balaban J connectivity index is 1.25. The first-order chi connectivity index (χ1) is 15.8. The molecule has 0 radical (unpaired) electrons. The molecule has 8 nitrogen and oxygen atoms in total. The predicted molar refractivity (Wildman–Crippen MR) is 130 cm³/mol. The summed E-state index contributed by atoms with van der Waals surface area (Å²) >= 11 is 7.43. The maximum absolute atomic E-state index is 13.1. The van der Waals surface area contributed by atoms with Gasteiger partial charge >= 0.3 is 0 Å². The lowest BCUT2D eigenvalue weighted by atomic mass is 10.1. The molecule has 1 aromatic carbocycles. The molecule has 33 heavy (non-hydrogen) atoms. The Morgan fingerprint density at radius 1 is 1.15 bits per heavy atom. The Hall–Kier alpha value is -2.24. The van der Waals surface area contributed by atoms with Gasteiger partial charge in [0.15, 0.2) is 5.01 Å². The maximum atomic E-state index is 13.1. The molecule has 174 valence electrons. The second kappa shape index (κ2) is 8.84. The van der Waals surface area contributed by atoms with E-state index in [1.165, 1.54) is 21.2 Å². The zero-order chi connectivity index (χ0) is 23.2. The zero-order valence-corrected chi connectivity index (χ0v) is 20.5. The topological polar surface area (TPSA) is 89.6 Å². The molecule has 1 fully saturated rings. The molecule has 3 aromatic rings. The smallest absolute Gasteiger partial charge is 0.282 e. The van der Waals surface area contributed by atoms with Crippen molar-refractivity contribution in [1.29, 1.82) is 0 Å². The molecule has 2 aliphatic rings. The minimum absolute atomic E-state index is 0.135. The van der Waals surface area contributed by atoms with Gasteiger partial charge in [-0.3, -0.25) is 4.79 Å². The van der Waals surface area contributed by atoms with Crippen LogP contribution in [0, 0.1) is 0 Å². The summed E-state index contributed by atoms with van der Waals surface area (Å²) in [5, 5.41) is 1.88. The van der Waals surface area contributed by atoms with Crippen LogP contribution in [0.1, 0.15) is 21.1 Å². The third-order valence-electron chi connectivity index (χ3n) is 6.12. The van der Waals surface area contributed by atoms with Crippen molar-refractivity contribution in [3.8, 4) is 0 Å². The molecule has 5 rings (SSSR count). The fourth-order valence-electron chi connectivity index (χ4n) is 4.14. The molecule has 0 spiro atoms. The number of carbonyl (C=O) groups is 1. The summed E-state index contributed by atoms with van der Waals surface area (Å²) in [7, 11) is -1.61. The van der Waals surface area contributed by atoms with Gasteiger partial charge in [0.05, 0.1) is 4.88 Å². The highest BCUT2D eigenvalue weighted by Crippen LogP contribution is 2.28. The Morgan fingerprint density at radius 2 is 1.94 bits per heavy atom. The van der Waals surface area contributed by atoms with Gasteiger partial charge in [0.1, 0.15) is 5.03 Å². The number of H-pyrrole nitrogens is 1. The quantitative estimate of drug-likeness (QED) is 0.588. The number of amides is 1. The van der Waals surface area contributed by atoms with Crippen molar-refractivity contribution in [1.82, 2.24) is 24.1 Å². The Bertz CT molecular complexity index is 1340. The molecule has 0 unspecified atom stereocenters. The molecule has 0 aliphatic carbocycles. The first-order valence-corrected chi connectivity index (χ1v) is 13.4. The lowest BCUT2D eigenvalue weighted by Gasteiger charge is -2.33. The average molecular weight is 506 g/mol. The minimum Gasteiger partial charge on any atom is -0.345 e. The minimum atomic E-state index is -3.69. The molecule has 0 bridgehead atoms. The largest absolute Gasteiger partial charge is 0.345 e. The van der Waals surface area contributed by atoms with Crippen LogP contribution in [-0.2, 0) is 10.0 Å². The van der Waals surface area contributed by atoms with E-state index in [0.717, 1.165) is 29.8 Å². The molecule has 1 amide bonds. The number of halogens is 1. The number of benzene rings is 1. The molecule has 11 heteroatoms. The van der Waals surface area contributed by atoms with E-state index in [1.807, 2.05) is 0 Å². The van der Waals surface area contributed by atoms with Crippen molar-refractivity contribution in [2.24, 2.45) is 0 Å². The van der Waals surface area contributed by atoms with Crippen LogP contribution in [-0.4, -0.2) is 84.7 Å². The molecular weight excluding hydrogens is 482 g/mol. The monoisotopic (exact) mass is 505 g/mol. The summed E-state index contributed by atoms with van der Waals surface area (Å²) in [6.45, 7) is 3.02. The lowest BCUT2D eigenvalue weighted by Crippen LogP contribution is -2.50. The van der Waals surface area contributed by atoms with Crippen molar-refractivity contribution >= 4 is 55.3 Å². The number of nitrogens with one attached hydrogen (secondary N) is 1. The van der Waals surface area contributed by atoms with Gasteiger partial charge in [-0.15, -0.1) is 11.3 Å². The van der Waals surface area contributed by atoms with Gasteiger partial charge in [0.2, 0.25) is 0 Å². The van der Waals surface area contributed by atoms with E-state index in [2.05, 4.69) is 28.0 Å². The van der Waals surface area contributed by atoms with E-state index >= 15 is 0 Å². The van der Waals surface area contributed by atoms with E-state index in [4.69, 9.17) is 11.6 Å². The average Bonchev–Trinajstić information content (AvgIpc) is 3.47. The summed E-state index contributed by atoms with van der Waals surface area (Å²) in [6.07, 6.45) is 4.91. The lowest BCUT2D eigenvalue weighted by molar-refractivity contribution is 0.0697. The van der Waals surface area contributed by atoms with Gasteiger partial charge in [-0.05, 0) is 43.3 Å². The number of hydrogen-bond donors (Lipinski definition) is 1. The normalized spacial score (nSPS) is 18.6. The van der Waals surface area contributed by atoms with Crippen LogP contribution in [0.3, 0.4) is 0 Å². The Kier molecular flexibility index (Phi) is 6.04. The zero-order valence-electron chi connectivity index (χ0n) is 18.1. The van der Waals surface area contributed by atoms with E-state index < -0.39 is 10.0 Å². The van der Waals surface area contributed by atoms with Crippen LogP contribution in [0.5, 0.6) is 0 Å². The number of aromatic amines is 1. The van der Waals surface area contributed by atoms with Crippen molar-refractivity contribution < 1.29 is 13.2 Å². The van der Waals surface area contributed by atoms with Gasteiger partial charge in [-0.2, -0.15) is 4.31 Å². The van der Waals surface area contributed by atoms with Crippen molar-refractivity contribution in [2.45, 2.75) is 11.4 Å². The molecular formula is C22H24ClN5O3S2. The first kappa shape index (κ1) is 22.5. The van der Waals surface area contributed by atoms with Crippen molar-refractivity contribution in [3.63, 3.8) is 0 Å². The number of aromatic nitrogens is 2. The Labute approximate surface area is 201 Å². The second-order valence-electron chi connectivity index (χ2n) is 8.33. The number of fused-ring (bicyclic) bond motifs is 1. The molecule has 2 aliphatic heterocycles. The van der Waals surface area contributed by atoms with Crippen LogP contribution >= 0.6 is 22.9 Å². The summed E-state index contributed by atoms with van der Waals surface area (Å²) in [5.74, 6) is -0.142. The molecule has 2 aromatic heterocycles. The summed E-state index contributed by atoms with van der Waals surface area (Å²) in [6, 6.07) is 6.81. The number of likely N-dealkylation sites (N-methyl/N-ethyl adjacent to an activating group) is 1. The number of hydrogen-bond acceptors (Lipinski definition) is 6. The predicted octanol–water partition coefficient (Wildman–Crippen LogP) is 3.14. The van der Waals surface area contributed by atoms with Gasteiger partial charge in [0, 0.05) is 61.4 Å². The molecule has 0 atom stereocenters. The Morgan fingerprint density at radius 3 is 2.67 bits per heavy atom. The van der Waals surface area contributed by atoms with Gasteiger partial charge < -0.3 is 14.8 Å². The highest BCUT2D eigenvalue weighted by atomic mass is 35.5. The number of rotatable bonds is 4. The van der Waals surface area contributed by atoms with Gasteiger partial charge in [0.25, 0.3) is 15.9 Å². The molecule has 1 N–H and O–H groups in total. The number of thiazole rings is 1. The van der Waals surface area contributed by atoms with Crippen molar-refractivity contribution in [2.75, 3.05) is 46.3 Å². The van der Waals surface area contributed by atoms with E-state index in [9.17, 15) is 13.2 Å². The van der Waals surface area contributed by atoms with Gasteiger partial charge in [-0.25, -0.2) is 13.4 Å². The highest BCUT2D eigenvalue weighted by Gasteiger charge is 2.32. The number of sulfonamides is 1. The maximum Gasteiger partial charge on any atom is 0.282 e. The fourth-order valence-corrected chi connectivity index (χ4v) is 6.71. The standard InChI is InChI=1S/C22H24ClN5O3S2/c1-26-6-4-15(5-7-26)19-14-24-21(32-19)22(29)27-8-10-28(11-9-27)33(30,31)20-13-16-12-17(23)2-3-18(16)25-20/h2-4,12-14,25H,5-11H2,1H3. The van der Waals surface area contributed by atoms with Crippen LogP contribution in [0.25, 0.3) is 16.5 Å². The summed E-state index contributed by atoms with van der Waals surface area (Å²) in [4.78, 5) is 25.3. The molecule has 1 saturated heterocycles. The van der Waals surface area contributed by atoms with Crippen molar-refractivity contribution in [3.05, 3.63) is 51.4 Å². The van der Waals surface area contributed by atoms with E-state index in [-0.39, 0.29) is 24.0 Å². The fraction of sp³-hybridized carbons (Fsp3) is 0.364. The number of nitrogens with zero attached hydrogens (tertiary/aromatic N) is 4. The van der Waals surface area contributed by atoms with E-state index in [0.29, 0.717) is 28.6 Å². The summed E-state index contributed by atoms with van der Waals surface area (Å²) < 4.78 is 27.7. The number of carbonyl (C=O) groups excluding carboxylic acids is 1. The van der Waals surface area contributed by atoms with Crippen LogP contribution in [0.15, 0.2) is 41.6 Å². The third kappa shape index (κ3) is 4.45.